The van der Waals surface area contributed by atoms with Crippen LogP contribution in [0, 0.1) is 0 Å². The van der Waals surface area contributed by atoms with E-state index in [-0.39, 0.29) is 24.0 Å². The van der Waals surface area contributed by atoms with Crippen LogP contribution in [-0.4, -0.2) is 72.0 Å². The summed E-state index contributed by atoms with van der Waals surface area (Å²) in [5, 5.41) is 6.54. The molecule has 0 saturated carbocycles. The summed E-state index contributed by atoms with van der Waals surface area (Å²) in [5.41, 5.74) is 0.885. The van der Waals surface area contributed by atoms with E-state index in [9.17, 15) is 0 Å². The molecule has 144 valence electrons. The van der Waals surface area contributed by atoms with Crippen molar-refractivity contribution in [1.82, 2.24) is 10.2 Å². The number of hydrogen-bond donors (Lipinski definition) is 2. The van der Waals surface area contributed by atoms with Crippen LogP contribution in [0.5, 0.6) is 11.5 Å². The Bertz CT molecular complexity index is 515. The molecule has 0 atom stereocenters. The van der Waals surface area contributed by atoms with Gasteiger partial charge in [0.15, 0.2) is 17.5 Å². The van der Waals surface area contributed by atoms with Crippen LogP contribution in [0.4, 0.5) is 5.69 Å². The molecule has 0 saturated heterocycles. The maximum absolute atomic E-state index is 5.52. The Kier molecular flexibility index (Phi) is 13.3. The van der Waals surface area contributed by atoms with Crippen molar-refractivity contribution in [3.8, 4) is 11.5 Å². The first-order valence-electron chi connectivity index (χ1n) is 8.10. The van der Waals surface area contributed by atoms with E-state index in [1.54, 1.807) is 21.3 Å². The largest absolute Gasteiger partial charge is 0.493 e. The number of nitrogens with zero attached hydrogens (tertiary/aromatic N) is 2. The normalized spacial score (nSPS) is 11.0. The minimum absolute atomic E-state index is 0. The molecule has 0 bridgehead atoms. The van der Waals surface area contributed by atoms with Gasteiger partial charge in [0.2, 0.25) is 0 Å². The predicted octanol–water partition coefficient (Wildman–Crippen LogP) is 2.28. The van der Waals surface area contributed by atoms with Gasteiger partial charge in [0, 0.05) is 45.5 Å². The first-order valence-corrected chi connectivity index (χ1v) is 8.10. The molecule has 0 aliphatic rings. The molecule has 8 heteroatoms. The van der Waals surface area contributed by atoms with Crippen LogP contribution in [-0.2, 0) is 4.74 Å². The summed E-state index contributed by atoms with van der Waals surface area (Å²) >= 11 is 0. The van der Waals surface area contributed by atoms with E-state index in [2.05, 4.69) is 27.6 Å². The van der Waals surface area contributed by atoms with E-state index in [0.717, 1.165) is 37.7 Å². The van der Waals surface area contributed by atoms with Crippen molar-refractivity contribution in [1.29, 1.82) is 0 Å². The molecule has 0 radical (unpaired) electrons. The van der Waals surface area contributed by atoms with Gasteiger partial charge in [0.05, 0.1) is 20.3 Å². The third-order valence-corrected chi connectivity index (χ3v) is 3.41. The second kappa shape index (κ2) is 14.0. The Balaban J connectivity index is 0.00000576. The zero-order valence-corrected chi connectivity index (χ0v) is 18.1. The lowest BCUT2D eigenvalue weighted by Gasteiger charge is -2.18. The second-order valence-electron chi connectivity index (χ2n) is 5.22. The van der Waals surface area contributed by atoms with Gasteiger partial charge in [-0.3, -0.25) is 4.99 Å². The highest BCUT2D eigenvalue weighted by atomic mass is 127. The fourth-order valence-corrected chi connectivity index (χ4v) is 2.06. The molecular formula is C17H31IN4O3. The van der Waals surface area contributed by atoms with Crippen LogP contribution < -0.4 is 20.1 Å². The predicted molar refractivity (Wildman–Crippen MR) is 114 cm³/mol. The number of nitrogens with one attached hydrogen (secondary N) is 2. The first kappa shape index (κ1) is 23.7. The van der Waals surface area contributed by atoms with E-state index in [1.165, 1.54) is 0 Å². The molecule has 25 heavy (non-hydrogen) atoms. The lowest BCUT2D eigenvalue weighted by molar-refractivity contribution is 0.162. The fraction of sp³-hybridized carbons (Fsp3) is 0.588. The van der Waals surface area contributed by atoms with Gasteiger partial charge >= 0.3 is 0 Å². The highest BCUT2D eigenvalue weighted by Crippen LogP contribution is 2.30. The third kappa shape index (κ3) is 9.13. The smallest absolute Gasteiger partial charge is 0.195 e. The number of hydrogen-bond acceptors (Lipinski definition) is 5. The van der Waals surface area contributed by atoms with Gasteiger partial charge in [-0.2, -0.15) is 0 Å². The number of ether oxygens (including phenoxy) is 3. The highest BCUT2D eigenvalue weighted by Gasteiger charge is 2.07. The highest BCUT2D eigenvalue weighted by molar-refractivity contribution is 14.0. The van der Waals surface area contributed by atoms with Crippen molar-refractivity contribution < 1.29 is 14.2 Å². The van der Waals surface area contributed by atoms with Gasteiger partial charge in [-0.15, -0.1) is 24.0 Å². The number of methoxy groups -OCH3 is 2. The number of aliphatic imine (C=N–C) groups is 1. The van der Waals surface area contributed by atoms with E-state index < -0.39 is 0 Å². The van der Waals surface area contributed by atoms with Gasteiger partial charge in [-0.1, -0.05) is 0 Å². The number of benzene rings is 1. The van der Waals surface area contributed by atoms with Crippen molar-refractivity contribution in [2.24, 2.45) is 4.99 Å². The quantitative estimate of drug-likeness (QED) is 0.314. The Morgan fingerprint density at radius 3 is 2.56 bits per heavy atom. The molecule has 0 aromatic heterocycles. The van der Waals surface area contributed by atoms with Crippen LogP contribution >= 0.6 is 24.0 Å². The average molecular weight is 466 g/mol. The number of anilines is 1. The molecule has 0 amide bonds. The summed E-state index contributed by atoms with van der Waals surface area (Å²) in [5.74, 6) is 2.13. The Labute approximate surface area is 168 Å². The zero-order valence-electron chi connectivity index (χ0n) is 15.8. The van der Waals surface area contributed by atoms with Crippen molar-refractivity contribution in [2.45, 2.75) is 6.92 Å². The van der Waals surface area contributed by atoms with E-state index in [0.29, 0.717) is 18.3 Å². The van der Waals surface area contributed by atoms with Crippen molar-refractivity contribution >= 4 is 35.6 Å². The van der Waals surface area contributed by atoms with Gasteiger partial charge in [-0.05, 0) is 26.1 Å². The molecule has 0 aliphatic heterocycles. The molecule has 1 rings (SSSR count). The molecule has 1 aromatic rings. The maximum atomic E-state index is 5.52. The monoisotopic (exact) mass is 466 g/mol. The SMILES string of the molecule is CCOc1ccc(NC(=NC)NCCN(C)CCOC)cc1OC.I. The number of rotatable bonds is 10. The second-order valence-corrected chi connectivity index (χ2v) is 5.22. The topological polar surface area (TPSA) is 67.4 Å². The molecular weight excluding hydrogens is 435 g/mol. The average Bonchev–Trinajstić information content (AvgIpc) is 2.60. The maximum Gasteiger partial charge on any atom is 0.195 e. The molecule has 0 unspecified atom stereocenters. The summed E-state index contributed by atoms with van der Waals surface area (Å²) in [4.78, 5) is 6.43. The van der Waals surface area contributed by atoms with E-state index >= 15 is 0 Å². The van der Waals surface area contributed by atoms with Gasteiger partial charge in [-0.25, -0.2) is 0 Å². The Hall–Kier alpha value is -1.26. The number of guanidine groups is 1. The van der Waals surface area contributed by atoms with Crippen LogP contribution in [0.15, 0.2) is 23.2 Å². The third-order valence-electron chi connectivity index (χ3n) is 3.41. The molecule has 0 spiro atoms. The van der Waals surface area contributed by atoms with Crippen molar-refractivity contribution in [3.63, 3.8) is 0 Å². The molecule has 0 heterocycles. The summed E-state index contributed by atoms with van der Waals surface area (Å²) in [6.07, 6.45) is 0. The number of likely N-dealkylation sites (N-methyl/N-ethyl adjacent to an activating group) is 1. The van der Waals surface area contributed by atoms with Gasteiger partial charge in [0.25, 0.3) is 0 Å². The van der Waals surface area contributed by atoms with E-state index in [1.807, 2.05) is 25.1 Å². The van der Waals surface area contributed by atoms with Gasteiger partial charge in [0.1, 0.15) is 0 Å². The first-order chi connectivity index (χ1) is 11.6. The zero-order chi connectivity index (χ0) is 17.8. The Morgan fingerprint density at radius 2 is 1.96 bits per heavy atom. The van der Waals surface area contributed by atoms with Crippen LogP contribution in [0.25, 0.3) is 0 Å². The molecule has 2 N–H and O–H groups in total. The van der Waals surface area contributed by atoms with Crippen molar-refractivity contribution in [3.05, 3.63) is 18.2 Å². The minimum atomic E-state index is 0. The molecule has 7 nitrogen and oxygen atoms in total. The van der Waals surface area contributed by atoms with Crippen LogP contribution in [0.2, 0.25) is 0 Å². The van der Waals surface area contributed by atoms with Crippen LogP contribution in [0.1, 0.15) is 6.92 Å². The van der Waals surface area contributed by atoms with E-state index in [4.69, 9.17) is 14.2 Å². The molecule has 0 aliphatic carbocycles. The molecule has 1 aromatic carbocycles. The van der Waals surface area contributed by atoms with Crippen LogP contribution in [0.3, 0.4) is 0 Å². The van der Waals surface area contributed by atoms with Gasteiger partial charge < -0.3 is 29.7 Å². The lowest BCUT2D eigenvalue weighted by atomic mass is 10.2. The lowest BCUT2D eigenvalue weighted by Crippen LogP contribution is -2.37. The summed E-state index contributed by atoms with van der Waals surface area (Å²) < 4.78 is 16.0. The number of halogens is 1. The Morgan fingerprint density at radius 1 is 1.20 bits per heavy atom. The summed E-state index contributed by atoms with van der Waals surface area (Å²) in [6, 6.07) is 5.71. The summed E-state index contributed by atoms with van der Waals surface area (Å²) in [6.45, 7) is 5.87. The molecule has 0 fully saturated rings. The fourth-order valence-electron chi connectivity index (χ4n) is 2.06. The van der Waals surface area contributed by atoms with Crippen molar-refractivity contribution in [2.75, 3.05) is 66.5 Å². The summed E-state index contributed by atoms with van der Waals surface area (Å²) in [7, 11) is 7.15. The standard InChI is InChI=1S/C17H30N4O3.HI/c1-6-24-15-8-7-14(13-16(15)23-5)20-17(18-2)19-9-10-21(3)11-12-22-4;/h7-8,13H,6,9-12H2,1-5H3,(H2,18,19,20);1H. The minimum Gasteiger partial charge on any atom is -0.493 e.